The Morgan fingerprint density at radius 1 is 1.36 bits per heavy atom. The van der Waals surface area contributed by atoms with E-state index in [1.54, 1.807) is 0 Å². The fourth-order valence-corrected chi connectivity index (χ4v) is 0.992. The fourth-order valence-electron chi connectivity index (χ4n) is 0.992. The van der Waals surface area contributed by atoms with Crippen LogP contribution in [0.15, 0.2) is 0 Å². The van der Waals surface area contributed by atoms with E-state index in [0.29, 0.717) is 19.7 Å². The van der Waals surface area contributed by atoms with Crippen LogP contribution in [-0.2, 0) is 4.74 Å². The quantitative estimate of drug-likeness (QED) is 0.584. The van der Waals surface area contributed by atoms with Gasteiger partial charge in [0, 0.05) is 6.54 Å². The van der Waals surface area contributed by atoms with Crippen molar-refractivity contribution in [2.45, 2.75) is 33.3 Å². The lowest BCUT2D eigenvalue weighted by atomic mass is 10.1. The van der Waals surface area contributed by atoms with Crippen molar-refractivity contribution in [1.82, 2.24) is 5.06 Å². The van der Waals surface area contributed by atoms with Crippen LogP contribution in [0, 0.1) is 0 Å². The first-order valence-corrected chi connectivity index (χ1v) is 4.18. The second-order valence-electron chi connectivity index (χ2n) is 3.00. The zero-order valence-corrected chi connectivity index (χ0v) is 7.92. The van der Waals surface area contributed by atoms with Crippen LogP contribution in [0.4, 0.5) is 0 Å². The molecule has 3 heteroatoms. The first-order chi connectivity index (χ1) is 5.10. The normalized spacial score (nSPS) is 23.7. The van der Waals surface area contributed by atoms with E-state index in [2.05, 4.69) is 0 Å². The van der Waals surface area contributed by atoms with Gasteiger partial charge >= 0.3 is 0 Å². The molecule has 0 aromatic rings. The summed E-state index contributed by atoms with van der Waals surface area (Å²) in [5.41, 5.74) is -0.174. The molecule has 0 saturated carbocycles. The molecule has 0 bridgehead atoms. The maximum absolute atomic E-state index is 9.00. The number of nitrogens with zero attached hydrogens (tertiary/aromatic N) is 1. The minimum absolute atomic E-state index is 0.174. The highest BCUT2D eigenvalue weighted by Crippen LogP contribution is 2.13. The van der Waals surface area contributed by atoms with Crippen molar-refractivity contribution in [3.8, 4) is 0 Å². The Labute approximate surface area is 68.9 Å². The molecule has 0 aliphatic carbocycles. The predicted octanol–water partition coefficient (Wildman–Crippen LogP) is 1.51. The molecule has 1 saturated heterocycles. The second kappa shape index (κ2) is 4.70. The summed E-state index contributed by atoms with van der Waals surface area (Å²) < 4.78 is 5.33. The van der Waals surface area contributed by atoms with Gasteiger partial charge in [-0.2, -0.15) is 5.06 Å². The van der Waals surface area contributed by atoms with Crippen LogP contribution in [0.3, 0.4) is 0 Å². The van der Waals surface area contributed by atoms with E-state index in [0.717, 1.165) is 0 Å². The van der Waals surface area contributed by atoms with Gasteiger partial charge < -0.3 is 9.94 Å². The van der Waals surface area contributed by atoms with E-state index in [-0.39, 0.29) is 5.60 Å². The molecule has 0 atom stereocenters. The van der Waals surface area contributed by atoms with Crippen molar-refractivity contribution in [1.29, 1.82) is 0 Å². The van der Waals surface area contributed by atoms with E-state index in [4.69, 9.17) is 9.94 Å². The van der Waals surface area contributed by atoms with Gasteiger partial charge in [-0.05, 0) is 13.8 Å². The minimum Gasteiger partial charge on any atom is -0.373 e. The smallest absolute Gasteiger partial charge is 0.0776 e. The number of hydroxylamine groups is 2. The molecular weight excluding hydrogens is 142 g/mol. The van der Waals surface area contributed by atoms with Crippen LogP contribution < -0.4 is 0 Å². The Morgan fingerprint density at radius 2 is 1.91 bits per heavy atom. The standard InChI is InChI=1S/C6H13NO2.C2H6/c1-6(2)5-7(8)3-4-9-6;1-2/h8H,3-5H2,1-2H3;1-2H3. The molecule has 1 heterocycles. The average molecular weight is 161 g/mol. The highest BCUT2D eigenvalue weighted by atomic mass is 16.5. The lowest BCUT2D eigenvalue weighted by Crippen LogP contribution is -2.46. The molecule has 1 aliphatic heterocycles. The molecule has 0 aromatic carbocycles. The molecule has 0 radical (unpaired) electrons. The maximum Gasteiger partial charge on any atom is 0.0776 e. The lowest BCUT2D eigenvalue weighted by Gasteiger charge is -2.34. The van der Waals surface area contributed by atoms with Crippen molar-refractivity contribution >= 4 is 0 Å². The fraction of sp³-hybridized carbons (Fsp3) is 1.00. The van der Waals surface area contributed by atoms with Gasteiger partial charge in [-0.15, -0.1) is 0 Å². The van der Waals surface area contributed by atoms with Crippen LogP contribution in [0.1, 0.15) is 27.7 Å². The van der Waals surface area contributed by atoms with Crippen LogP contribution >= 0.6 is 0 Å². The summed E-state index contributed by atoms with van der Waals surface area (Å²) in [6.07, 6.45) is 0. The number of hydrogen-bond acceptors (Lipinski definition) is 3. The van der Waals surface area contributed by atoms with Crippen LogP contribution in [0.25, 0.3) is 0 Å². The molecular formula is C8H19NO2. The molecule has 0 aromatic heterocycles. The largest absolute Gasteiger partial charge is 0.373 e. The highest BCUT2D eigenvalue weighted by molar-refractivity contribution is 4.74. The van der Waals surface area contributed by atoms with Gasteiger partial charge in [-0.1, -0.05) is 13.8 Å². The third kappa shape index (κ3) is 4.35. The summed E-state index contributed by atoms with van der Waals surface area (Å²) in [6, 6.07) is 0. The van der Waals surface area contributed by atoms with Crippen molar-refractivity contribution in [2.75, 3.05) is 19.7 Å². The Kier molecular flexibility index (Phi) is 4.65. The molecule has 0 spiro atoms. The van der Waals surface area contributed by atoms with Gasteiger partial charge in [0.1, 0.15) is 0 Å². The van der Waals surface area contributed by atoms with Crippen LogP contribution in [-0.4, -0.2) is 35.6 Å². The monoisotopic (exact) mass is 161 g/mol. The summed E-state index contributed by atoms with van der Waals surface area (Å²) in [6.45, 7) is 9.80. The molecule has 1 N–H and O–H groups in total. The van der Waals surface area contributed by atoms with Crippen molar-refractivity contribution in [2.24, 2.45) is 0 Å². The number of rotatable bonds is 0. The Balaban J connectivity index is 0.000000461. The van der Waals surface area contributed by atoms with Crippen molar-refractivity contribution in [3.63, 3.8) is 0 Å². The van der Waals surface area contributed by atoms with Gasteiger partial charge in [-0.3, -0.25) is 0 Å². The van der Waals surface area contributed by atoms with E-state index >= 15 is 0 Å². The minimum atomic E-state index is -0.174. The van der Waals surface area contributed by atoms with E-state index in [1.807, 2.05) is 27.7 Å². The Morgan fingerprint density at radius 3 is 2.18 bits per heavy atom. The first kappa shape index (κ1) is 10.9. The number of morpholine rings is 1. The Hall–Kier alpha value is -0.120. The maximum atomic E-state index is 9.00. The first-order valence-electron chi connectivity index (χ1n) is 4.18. The van der Waals surface area contributed by atoms with Gasteiger partial charge in [0.2, 0.25) is 0 Å². The third-order valence-corrected chi connectivity index (χ3v) is 1.41. The number of hydrogen-bond donors (Lipinski definition) is 1. The van der Waals surface area contributed by atoms with E-state index < -0.39 is 0 Å². The molecule has 1 rings (SSSR count). The molecule has 11 heavy (non-hydrogen) atoms. The van der Waals surface area contributed by atoms with Crippen LogP contribution in [0.2, 0.25) is 0 Å². The van der Waals surface area contributed by atoms with Gasteiger partial charge in [-0.25, -0.2) is 0 Å². The molecule has 1 aliphatic rings. The highest BCUT2D eigenvalue weighted by Gasteiger charge is 2.25. The summed E-state index contributed by atoms with van der Waals surface area (Å²) in [5, 5.41) is 10.3. The summed E-state index contributed by atoms with van der Waals surface area (Å²) in [5.74, 6) is 0. The topological polar surface area (TPSA) is 32.7 Å². The molecule has 1 fully saturated rings. The second-order valence-corrected chi connectivity index (χ2v) is 3.00. The van der Waals surface area contributed by atoms with Crippen molar-refractivity contribution in [3.05, 3.63) is 0 Å². The van der Waals surface area contributed by atoms with Gasteiger partial charge in [0.15, 0.2) is 0 Å². The summed E-state index contributed by atoms with van der Waals surface area (Å²) >= 11 is 0. The van der Waals surface area contributed by atoms with Crippen LogP contribution in [0.5, 0.6) is 0 Å². The van der Waals surface area contributed by atoms with Gasteiger partial charge in [0.25, 0.3) is 0 Å². The zero-order valence-electron chi connectivity index (χ0n) is 7.92. The summed E-state index contributed by atoms with van der Waals surface area (Å²) in [4.78, 5) is 0. The molecule has 0 unspecified atom stereocenters. The van der Waals surface area contributed by atoms with Gasteiger partial charge in [0.05, 0.1) is 18.8 Å². The van der Waals surface area contributed by atoms with Crippen molar-refractivity contribution < 1.29 is 9.94 Å². The predicted molar refractivity (Wildman–Crippen MR) is 44.7 cm³/mol. The Bertz CT molecular complexity index is 104. The average Bonchev–Trinajstić information content (AvgIpc) is 1.89. The summed E-state index contributed by atoms with van der Waals surface area (Å²) in [7, 11) is 0. The van der Waals surface area contributed by atoms with E-state index in [1.165, 1.54) is 5.06 Å². The van der Waals surface area contributed by atoms with E-state index in [9.17, 15) is 0 Å². The zero-order chi connectivity index (χ0) is 8.91. The third-order valence-electron chi connectivity index (χ3n) is 1.41. The lowest BCUT2D eigenvalue weighted by molar-refractivity contribution is -0.196. The number of ether oxygens (including phenoxy) is 1. The SMILES string of the molecule is CC.CC1(C)CN(O)CCO1. The molecule has 3 nitrogen and oxygen atoms in total. The molecule has 68 valence electrons. The molecule has 0 amide bonds.